The van der Waals surface area contributed by atoms with E-state index in [2.05, 4.69) is 5.32 Å². The van der Waals surface area contributed by atoms with Gasteiger partial charge in [0.25, 0.3) is 5.91 Å². The molecule has 0 unspecified atom stereocenters. The quantitative estimate of drug-likeness (QED) is 0.524. The number of hydrogen-bond acceptors (Lipinski definition) is 5. The third-order valence-corrected chi connectivity index (χ3v) is 5.27. The number of ketones is 1. The highest BCUT2D eigenvalue weighted by Gasteiger charge is 2.20. The van der Waals surface area contributed by atoms with Crippen molar-refractivity contribution in [1.82, 2.24) is 0 Å². The Morgan fingerprint density at radius 2 is 1.73 bits per heavy atom. The summed E-state index contributed by atoms with van der Waals surface area (Å²) in [6, 6.07) is 12.8. The summed E-state index contributed by atoms with van der Waals surface area (Å²) in [5.74, 6) is -0.621. The van der Waals surface area contributed by atoms with Crippen molar-refractivity contribution >= 4 is 23.3 Å². The molecule has 0 saturated carbocycles. The first-order valence-electron chi connectivity index (χ1n) is 10.3. The standard InChI is InChI=1S/C24H27NO5/c1-16(24(28)25-20-9-5-6-10-22(20)29-2)30-23(27)14-13-21(26)19-12-11-17-7-3-4-8-18(17)15-19/h5-6,9-12,15-16H,3-4,7-8,13-14H2,1-2H3,(H,25,28)/t16-/m1/s1. The molecule has 0 saturated heterocycles. The molecule has 0 aromatic heterocycles. The van der Waals surface area contributed by atoms with Crippen LogP contribution in [0.5, 0.6) is 5.75 Å². The van der Waals surface area contributed by atoms with Crippen LogP contribution in [-0.2, 0) is 27.2 Å². The van der Waals surface area contributed by atoms with Crippen molar-refractivity contribution in [2.45, 2.75) is 51.6 Å². The average molecular weight is 409 g/mol. The van der Waals surface area contributed by atoms with Crippen LogP contribution in [0.4, 0.5) is 5.69 Å². The molecule has 1 aliphatic carbocycles. The van der Waals surface area contributed by atoms with Crippen molar-refractivity contribution in [1.29, 1.82) is 0 Å². The summed E-state index contributed by atoms with van der Waals surface area (Å²) < 4.78 is 10.4. The van der Waals surface area contributed by atoms with Crippen LogP contribution in [-0.4, -0.2) is 30.9 Å². The second-order valence-corrected chi connectivity index (χ2v) is 7.44. The molecule has 30 heavy (non-hydrogen) atoms. The molecule has 1 N–H and O–H groups in total. The van der Waals surface area contributed by atoms with Crippen LogP contribution in [0.15, 0.2) is 42.5 Å². The van der Waals surface area contributed by atoms with Crippen LogP contribution in [0, 0.1) is 0 Å². The summed E-state index contributed by atoms with van der Waals surface area (Å²) in [5, 5.41) is 2.68. The van der Waals surface area contributed by atoms with Crippen molar-refractivity contribution < 1.29 is 23.9 Å². The Labute approximate surface area is 176 Å². The molecule has 0 heterocycles. The van der Waals surface area contributed by atoms with E-state index in [-0.39, 0.29) is 18.6 Å². The van der Waals surface area contributed by atoms with E-state index in [9.17, 15) is 14.4 Å². The zero-order chi connectivity index (χ0) is 21.5. The maximum absolute atomic E-state index is 12.5. The van der Waals surface area contributed by atoms with Gasteiger partial charge in [-0.15, -0.1) is 0 Å². The molecule has 0 radical (unpaired) electrons. The lowest BCUT2D eigenvalue weighted by atomic mass is 9.89. The summed E-state index contributed by atoms with van der Waals surface area (Å²) in [6.07, 6.45) is 3.39. The Hall–Kier alpha value is -3.15. The number of aryl methyl sites for hydroxylation is 2. The van der Waals surface area contributed by atoms with Crippen LogP contribution in [0.2, 0.25) is 0 Å². The van der Waals surface area contributed by atoms with Crippen molar-refractivity contribution in [3.05, 3.63) is 59.2 Å². The molecule has 0 fully saturated rings. The van der Waals surface area contributed by atoms with E-state index in [1.165, 1.54) is 31.6 Å². The molecule has 2 aromatic rings. The number of para-hydroxylation sites is 2. The molecular formula is C24H27NO5. The predicted octanol–water partition coefficient (Wildman–Crippen LogP) is 4.11. The Kier molecular flexibility index (Phi) is 7.22. The SMILES string of the molecule is COc1ccccc1NC(=O)[C@@H](C)OC(=O)CCC(=O)c1ccc2c(c1)CCCC2. The monoisotopic (exact) mass is 409 g/mol. The van der Waals surface area contributed by atoms with Gasteiger partial charge in [0.15, 0.2) is 11.9 Å². The van der Waals surface area contributed by atoms with E-state index < -0.39 is 18.0 Å². The van der Waals surface area contributed by atoms with E-state index >= 15 is 0 Å². The minimum Gasteiger partial charge on any atom is -0.495 e. The summed E-state index contributed by atoms with van der Waals surface area (Å²) in [5.41, 5.74) is 3.67. The molecule has 158 valence electrons. The van der Waals surface area contributed by atoms with Gasteiger partial charge < -0.3 is 14.8 Å². The fourth-order valence-corrected chi connectivity index (χ4v) is 3.56. The van der Waals surface area contributed by atoms with Gasteiger partial charge >= 0.3 is 5.97 Å². The first-order chi connectivity index (χ1) is 14.5. The lowest BCUT2D eigenvalue weighted by molar-refractivity contribution is -0.153. The number of methoxy groups -OCH3 is 1. The van der Waals surface area contributed by atoms with Crippen molar-refractivity contribution in [2.75, 3.05) is 12.4 Å². The first kappa shape index (κ1) is 21.6. The van der Waals surface area contributed by atoms with Crippen LogP contribution < -0.4 is 10.1 Å². The maximum Gasteiger partial charge on any atom is 0.307 e. The van der Waals surface area contributed by atoms with Crippen LogP contribution >= 0.6 is 0 Å². The lowest BCUT2D eigenvalue weighted by Crippen LogP contribution is -2.30. The minimum atomic E-state index is -0.985. The minimum absolute atomic E-state index is 0.0540. The van der Waals surface area contributed by atoms with Crippen molar-refractivity contribution in [2.24, 2.45) is 0 Å². The molecule has 1 aliphatic rings. The average Bonchev–Trinajstić information content (AvgIpc) is 2.77. The van der Waals surface area contributed by atoms with Gasteiger partial charge in [-0.2, -0.15) is 0 Å². The Morgan fingerprint density at radius 1 is 1.00 bits per heavy atom. The third-order valence-electron chi connectivity index (χ3n) is 5.27. The molecule has 0 spiro atoms. The second kappa shape index (κ2) is 10.1. The highest BCUT2D eigenvalue weighted by molar-refractivity contribution is 5.98. The zero-order valence-electron chi connectivity index (χ0n) is 17.4. The predicted molar refractivity (Wildman–Crippen MR) is 114 cm³/mol. The van der Waals surface area contributed by atoms with Crippen LogP contribution in [0.3, 0.4) is 0 Å². The van der Waals surface area contributed by atoms with E-state index in [0.29, 0.717) is 17.0 Å². The molecule has 3 rings (SSSR count). The van der Waals surface area contributed by atoms with Crippen molar-refractivity contribution in [3.63, 3.8) is 0 Å². The Bertz CT molecular complexity index is 937. The Balaban J connectivity index is 1.49. The van der Waals surface area contributed by atoms with Gasteiger partial charge in [0, 0.05) is 12.0 Å². The molecule has 1 atom stereocenters. The number of benzene rings is 2. The number of nitrogens with one attached hydrogen (secondary N) is 1. The highest BCUT2D eigenvalue weighted by Crippen LogP contribution is 2.24. The highest BCUT2D eigenvalue weighted by atomic mass is 16.5. The van der Waals surface area contributed by atoms with E-state index in [4.69, 9.17) is 9.47 Å². The summed E-state index contributed by atoms with van der Waals surface area (Å²) in [6.45, 7) is 1.49. The number of esters is 1. The molecule has 0 aliphatic heterocycles. The number of carbonyl (C=O) groups is 3. The topological polar surface area (TPSA) is 81.7 Å². The third kappa shape index (κ3) is 5.47. The zero-order valence-corrected chi connectivity index (χ0v) is 17.4. The lowest BCUT2D eigenvalue weighted by Gasteiger charge is -2.16. The number of ether oxygens (including phenoxy) is 2. The molecule has 6 nitrogen and oxygen atoms in total. The molecular weight excluding hydrogens is 382 g/mol. The van der Waals surface area contributed by atoms with Gasteiger partial charge in [0.1, 0.15) is 5.75 Å². The van der Waals surface area contributed by atoms with Gasteiger partial charge in [0.2, 0.25) is 0 Å². The molecule has 0 bridgehead atoms. The molecule has 6 heteroatoms. The largest absolute Gasteiger partial charge is 0.495 e. The first-order valence-corrected chi connectivity index (χ1v) is 10.3. The molecule has 2 aromatic carbocycles. The van der Waals surface area contributed by atoms with Gasteiger partial charge in [-0.3, -0.25) is 14.4 Å². The van der Waals surface area contributed by atoms with E-state index in [0.717, 1.165) is 19.3 Å². The van der Waals surface area contributed by atoms with Gasteiger partial charge in [-0.25, -0.2) is 0 Å². The number of fused-ring (bicyclic) bond motifs is 1. The fraction of sp³-hybridized carbons (Fsp3) is 0.375. The van der Waals surface area contributed by atoms with Gasteiger partial charge in [-0.05, 0) is 61.9 Å². The number of Topliss-reactive ketones (excluding diaryl/α,β-unsaturated/α-hetero) is 1. The van der Waals surface area contributed by atoms with Gasteiger partial charge in [0.05, 0.1) is 19.2 Å². The van der Waals surface area contributed by atoms with Crippen LogP contribution in [0.1, 0.15) is 54.1 Å². The van der Waals surface area contributed by atoms with E-state index in [1.807, 2.05) is 18.2 Å². The number of carbonyl (C=O) groups excluding carboxylic acids is 3. The second-order valence-electron chi connectivity index (χ2n) is 7.44. The summed E-state index contributed by atoms with van der Waals surface area (Å²) in [7, 11) is 1.51. The van der Waals surface area contributed by atoms with Crippen LogP contribution in [0.25, 0.3) is 0 Å². The van der Waals surface area contributed by atoms with E-state index in [1.54, 1.807) is 24.3 Å². The summed E-state index contributed by atoms with van der Waals surface area (Å²) in [4.78, 5) is 36.9. The van der Waals surface area contributed by atoms with Crippen molar-refractivity contribution in [3.8, 4) is 5.75 Å². The number of anilines is 1. The number of hydrogen-bond donors (Lipinski definition) is 1. The number of amides is 1. The normalized spacial score (nSPS) is 13.7. The Morgan fingerprint density at radius 3 is 2.50 bits per heavy atom. The summed E-state index contributed by atoms with van der Waals surface area (Å²) >= 11 is 0. The molecule has 1 amide bonds. The fourth-order valence-electron chi connectivity index (χ4n) is 3.56. The smallest absolute Gasteiger partial charge is 0.307 e. The maximum atomic E-state index is 12.5. The number of rotatable bonds is 8. The van der Waals surface area contributed by atoms with Gasteiger partial charge in [-0.1, -0.05) is 24.3 Å².